The number of thiophene rings is 1. The number of hydrogen-bond donors (Lipinski definition) is 5. The number of hydrogen-bond acceptors (Lipinski definition) is 12. The standard InChI is InChI=1S/C46H49ClN6O12S2/c1-46(2)22-31(48-30-8-4-6-27(20-30)40-38(47)39(64-24-37(55)56)41(66-40)44(59)60)13-18-53(46)67(62,63)25-26-5-3-7-29(19-26)49-45(61)51-16-14-32(15-17-51)65-33-9-10-34-28(21-33)23-52(43(34)58)35-11-12-36(54)50-42(35)57/h3-10,19-21,31-32,35,48H,11-18,22-25H2,1-2H3,(H,49,61)(H,55,56)(H,59,60)(H,50,54,57)/t31-,35?/m0/s1. The fourth-order valence-electron chi connectivity index (χ4n) is 9.22. The summed E-state index contributed by atoms with van der Waals surface area (Å²) in [6.07, 6.45) is 2.38. The van der Waals surface area contributed by atoms with Crippen LogP contribution in [0.2, 0.25) is 5.02 Å². The first-order valence-corrected chi connectivity index (χ1v) is 24.5. The molecule has 0 spiro atoms. The van der Waals surface area contributed by atoms with Crippen molar-refractivity contribution in [3.63, 3.8) is 0 Å². The van der Waals surface area contributed by atoms with Crippen molar-refractivity contribution in [2.75, 3.05) is 36.9 Å². The Kier molecular flexibility index (Phi) is 13.5. The van der Waals surface area contributed by atoms with Gasteiger partial charge in [0.25, 0.3) is 5.91 Å². The number of urea groups is 1. The third-order valence-corrected chi connectivity index (χ3v) is 16.1. The second-order valence-electron chi connectivity index (χ2n) is 17.6. The van der Waals surface area contributed by atoms with Gasteiger partial charge in [-0.25, -0.2) is 22.8 Å². The molecule has 4 aromatic rings. The second-order valence-corrected chi connectivity index (χ2v) is 20.9. The number of halogens is 1. The van der Waals surface area contributed by atoms with Gasteiger partial charge >= 0.3 is 18.0 Å². The molecular weight excluding hydrogens is 928 g/mol. The fourth-order valence-corrected chi connectivity index (χ4v) is 12.6. The average molecular weight is 978 g/mol. The van der Waals surface area contributed by atoms with Gasteiger partial charge in [0.1, 0.15) is 22.9 Å². The highest BCUT2D eigenvalue weighted by Crippen LogP contribution is 2.46. The number of likely N-dealkylation sites (tertiary alicyclic amines) is 1. The number of ether oxygens (including phenoxy) is 2. The third kappa shape index (κ3) is 10.5. The molecule has 1 aromatic heterocycles. The van der Waals surface area contributed by atoms with Gasteiger partial charge in [-0.05, 0) is 92.3 Å². The van der Waals surface area contributed by atoms with Crippen LogP contribution in [-0.2, 0) is 36.7 Å². The molecule has 354 valence electrons. The number of imide groups is 1. The molecule has 3 fully saturated rings. The zero-order valence-electron chi connectivity index (χ0n) is 36.6. The average Bonchev–Trinajstić information content (AvgIpc) is 3.77. The highest BCUT2D eigenvalue weighted by atomic mass is 35.5. The van der Waals surface area contributed by atoms with E-state index in [2.05, 4.69) is 16.0 Å². The number of aromatic carboxylic acids is 1. The summed E-state index contributed by atoms with van der Waals surface area (Å²) in [5.41, 5.74) is 2.76. The van der Waals surface area contributed by atoms with E-state index in [1.165, 1.54) is 9.21 Å². The number of carboxylic acid groups (broad SMARTS) is 2. The van der Waals surface area contributed by atoms with Gasteiger partial charge in [-0.2, -0.15) is 4.31 Å². The number of nitrogens with zero attached hydrogens (tertiary/aromatic N) is 3. The first-order valence-electron chi connectivity index (χ1n) is 21.7. The summed E-state index contributed by atoms with van der Waals surface area (Å²) in [4.78, 5) is 76.9. The van der Waals surface area contributed by atoms with E-state index in [0.717, 1.165) is 16.9 Å². The number of aliphatic carboxylic acids is 1. The van der Waals surface area contributed by atoms with Gasteiger partial charge in [-0.1, -0.05) is 35.9 Å². The minimum Gasteiger partial charge on any atom is -0.490 e. The quantitative estimate of drug-likeness (QED) is 0.0879. The van der Waals surface area contributed by atoms with Crippen LogP contribution in [0.5, 0.6) is 11.5 Å². The summed E-state index contributed by atoms with van der Waals surface area (Å²) in [7, 11) is -3.81. The van der Waals surface area contributed by atoms with Crippen molar-refractivity contribution >= 4 is 80.0 Å². The molecule has 67 heavy (non-hydrogen) atoms. The molecule has 0 saturated carbocycles. The molecule has 5 amide bonds. The SMILES string of the molecule is CC1(C)C[C@@H](Nc2cccc(-c3sc(C(=O)O)c(OCC(=O)O)c3Cl)c2)CCN1S(=O)(=O)Cc1cccc(NC(=O)N2CCC(Oc3ccc4c(c3)CN(C3CCC(=O)NC3=O)C4=O)CC2)c1. The number of piperidine rings is 3. The normalized spacial score (nSPS) is 20.0. The van der Waals surface area contributed by atoms with Crippen LogP contribution in [-0.4, -0.2) is 118 Å². The number of rotatable bonds is 14. The van der Waals surface area contributed by atoms with Crippen LogP contribution in [0.1, 0.15) is 83.5 Å². The first kappa shape index (κ1) is 47.3. The number of fused-ring (bicyclic) bond motifs is 1. The van der Waals surface area contributed by atoms with Crippen LogP contribution in [0.25, 0.3) is 10.4 Å². The molecule has 1 unspecified atom stereocenters. The Hall–Kier alpha value is -6.22. The van der Waals surface area contributed by atoms with Crippen molar-refractivity contribution < 1.29 is 56.9 Å². The van der Waals surface area contributed by atoms with Gasteiger partial charge in [-0.3, -0.25) is 19.7 Å². The third-order valence-electron chi connectivity index (χ3n) is 12.3. The molecule has 2 atom stereocenters. The molecule has 4 aliphatic rings. The lowest BCUT2D eigenvalue weighted by Gasteiger charge is -2.45. The van der Waals surface area contributed by atoms with E-state index in [0.29, 0.717) is 77.5 Å². The molecule has 21 heteroatoms. The van der Waals surface area contributed by atoms with E-state index in [1.54, 1.807) is 59.5 Å². The van der Waals surface area contributed by atoms with Crippen LogP contribution in [0.15, 0.2) is 66.7 Å². The molecule has 3 saturated heterocycles. The predicted molar refractivity (Wildman–Crippen MR) is 248 cm³/mol. The van der Waals surface area contributed by atoms with Crippen molar-refractivity contribution in [1.82, 2.24) is 19.4 Å². The van der Waals surface area contributed by atoms with Gasteiger partial charge in [0.05, 0.1) is 10.6 Å². The minimum absolute atomic E-state index is 0.00451. The van der Waals surface area contributed by atoms with Crippen molar-refractivity contribution in [2.45, 2.75) is 88.4 Å². The second kappa shape index (κ2) is 19.2. The van der Waals surface area contributed by atoms with Crippen molar-refractivity contribution in [2.24, 2.45) is 0 Å². The maximum absolute atomic E-state index is 14.0. The van der Waals surface area contributed by atoms with Crippen LogP contribution in [0.3, 0.4) is 0 Å². The highest BCUT2D eigenvalue weighted by molar-refractivity contribution is 7.88. The van der Waals surface area contributed by atoms with Crippen LogP contribution in [0.4, 0.5) is 16.2 Å². The Bertz CT molecular complexity index is 2760. The molecule has 3 aromatic carbocycles. The van der Waals surface area contributed by atoms with Gasteiger partial charge < -0.3 is 40.1 Å². The lowest BCUT2D eigenvalue weighted by molar-refractivity contribution is -0.139. The number of anilines is 2. The van der Waals surface area contributed by atoms with Gasteiger partial charge in [0.15, 0.2) is 17.2 Å². The van der Waals surface area contributed by atoms with E-state index >= 15 is 0 Å². The number of benzene rings is 3. The number of carboxylic acids is 2. The molecule has 5 N–H and O–H groups in total. The summed E-state index contributed by atoms with van der Waals surface area (Å²) in [5, 5.41) is 27.5. The number of nitrogens with one attached hydrogen (secondary N) is 3. The monoisotopic (exact) mass is 976 g/mol. The molecular formula is C46H49ClN6O12S2. The fraction of sp³-hybridized carbons (Fsp3) is 0.391. The molecule has 4 aliphatic heterocycles. The summed E-state index contributed by atoms with van der Waals surface area (Å²) in [6, 6.07) is 18.1. The summed E-state index contributed by atoms with van der Waals surface area (Å²) >= 11 is 7.39. The highest BCUT2D eigenvalue weighted by Gasteiger charge is 2.42. The molecule has 8 rings (SSSR count). The maximum Gasteiger partial charge on any atom is 0.349 e. The molecule has 0 aliphatic carbocycles. The minimum atomic E-state index is -3.81. The lowest BCUT2D eigenvalue weighted by Crippen LogP contribution is -2.55. The summed E-state index contributed by atoms with van der Waals surface area (Å²) in [5.74, 6) is -3.54. The van der Waals surface area contributed by atoms with E-state index in [1.807, 2.05) is 26.0 Å². The number of carbonyl (C=O) groups excluding carboxylic acids is 4. The van der Waals surface area contributed by atoms with Crippen LogP contribution < -0.4 is 25.4 Å². The van der Waals surface area contributed by atoms with Crippen molar-refractivity contribution in [1.29, 1.82) is 0 Å². The lowest BCUT2D eigenvalue weighted by atomic mass is 9.89. The Morgan fingerprint density at radius 2 is 1.69 bits per heavy atom. The van der Waals surface area contributed by atoms with Crippen molar-refractivity contribution in [3.05, 3.63) is 93.3 Å². The Balaban J connectivity index is 0.822. The van der Waals surface area contributed by atoms with E-state index in [9.17, 15) is 42.3 Å². The zero-order chi connectivity index (χ0) is 47.8. The Morgan fingerprint density at radius 3 is 2.40 bits per heavy atom. The van der Waals surface area contributed by atoms with Crippen LogP contribution >= 0.6 is 22.9 Å². The molecule has 5 heterocycles. The number of carbonyl (C=O) groups is 6. The topological polar surface area (TPSA) is 241 Å². The van der Waals surface area contributed by atoms with Crippen LogP contribution in [0, 0.1) is 0 Å². The van der Waals surface area contributed by atoms with Gasteiger partial charge in [-0.15, -0.1) is 11.3 Å². The first-order chi connectivity index (χ1) is 31.8. The Labute approximate surface area is 395 Å². The maximum atomic E-state index is 14.0. The van der Waals surface area contributed by atoms with E-state index in [-0.39, 0.29) is 77.3 Å². The zero-order valence-corrected chi connectivity index (χ0v) is 39.0. The molecule has 0 radical (unpaired) electrons. The predicted octanol–water partition coefficient (Wildman–Crippen LogP) is 6.25. The number of amides is 5. The summed E-state index contributed by atoms with van der Waals surface area (Å²) < 4.78 is 41.0. The molecule has 0 bridgehead atoms. The number of sulfonamides is 1. The Morgan fingerprint density at radius 1 is 0.940 bits per heavy atom. The molecule has 18 nitrogen and oxygen atoms in total. The van der Waals surface area contributed by atoms with Crippen molar-refractivity contribution in [3.8, 4) is 21.9 Å². The van der Waals surface area contributed by atoms with Gasteiger partial charge in [0, 0.05) is 74.0 Å². The largest absolute Gasteiger partial charge is 0.490 e. The van der Waals surface area contributed by atoms with E-state index < -0.39 is 46.1 Å². The smallest absolute Gasteiger partial charge is 0.349 e. The van der Waals surface area contributed by atoms with Gasteiger partial charge in [0.2, 0.25) is 21.8 Å². The summed E-state index contributed by atoms with van der Waals surface area (Å²) in [6.45, 7) is 4.34. The van der Waals surface area contributed by atoms with E-state index in [4.69, 9.17) is 26.2 Å².